The summed E-state index contributed by atoms with van der Waals surface area (Å²) in [6, 6.07) is 11.4. The molecule has 2 aromatic carbocycles. The highest BCUT2D eigenvalue weighted by molar-refractivity contribution is 6.00. The van der Waals surface area contributed by atoms with Crippen molar-refractivity contribution in [1.82, 2.24) is 4.98 Å². The quantitative estimate of drug-likeness (QED) is 0.697. The van der Waals surface area contributed by atoms with Gasteiger partial charge in [0.1, 0.15) is 5.82 Å². The summed E-state index contributed by atoms with van der Waals surface area (Å²) >= 11 is 0. The van der Waals surface area contributed by atoms with Gasteiger partial charge in [-0.3, -0.25) is 0 Å². The lowest BCUT2D eigenvalue weighted by Crippen LogP contribution is -2.11. The summed E-state index contributed by atoms with van der Waals surface area (Å²) in [5, 5.41) is 21.7. The molecule has 0 atom stereocenters. The van der Waals surface area contributed by atoms with Gasteiger partial charge >= 0.3 is 0 Å². The van der Waals surface area contributed by atoms with Crippen LogP contribution in [0, 0.1) is 0 Å². The van der Waals surface area contributed by atoms with Crippen molar-refractivity contribution in [2.75, 3.05) is 33.2 Å². The van der Waals surface area contributed by atoms with Crippen molar-refractivity contribution in [2.45, 2.75) is 13.2 Å². The highest BCUT2D eigenvalue weighted by Crippen LogP contribution is 2.40. The van der Waals surface area contributed by atoms with Gasteiger partial charge in [-0.15, -0.1) is 0 Å². The van der Waals surface area contributed by atoms with Gasteiger partial charge in [-0.1, -0.05) is 6.07 Å². The summed E-state index contributed by atoms with van der Waals surface area (Å²) in [7, 11) is 7.02. The Kier molecular flexibility index (Phi) is 5.48. The molecular weight excluding hydrogens is 344 g/mol. The molecule has 0 amide bonds. The maximum absolute atomic E-state index is 10.1. The molecule has 0 saturated heterocycles. The zero-order chi connectivity index (χ0) is 19.6. The van der Waals surface area contributed by atoms with Crippen LogP contribution in [0.5, 0.6) is 11.5 Å². The van der Waals surface area contributed by atoms with Crippen molar-refractivity contribution in [3.63, 3.8) is 0 Å². The fourth-order valence-electron chi connectivity index (χ4n) is 3.25. The van der Waals surface area contributed by atoms with Gasteiger partial charge in [-0.2, -0.15) is 0 Å². The minimum Gasteiger partial charge on any atom is -0.493 e. The minimum atomic E-state index is -0.205. The van der Waals surface area contributed by atoms with Gasteiger partial charge in [-0.05, 0) is 52.2 Å². The number of hydrogen-bond donors (Lipinski definition) is 2. The van der Waals surface area contributed by atoms with E-state index in [1.54, 1.807) is 14.2 Å². The van der Waals surface area contributed by atoms with E-state index in [-0.39, 0.29) is 13.2 Å². The van der Waals surface area contributed by atoms with Crippen LogP contribution in [-0.4, -0.2) is 43.5 Å². The zero-order valence-electron chi connectivity index (χ0n) is 16.0. The van der Waals surface area contributed by atoms with E-state index in [2.05, 4.69) is 0 Å². The van der Waals surface area contributed by atoms with E-state index in [9.17, 15) is 10.2 Å². The first kappa shape index (κ1) is 18.9. The summed E-state index contributed by atoms with van der Waals surface area (Å²) in [4.78, 5) is 6.66. The van der Waals surface area contributed by atoms with E-state index in [0.717, 1.165) is 27.8 Å². The summed E-state index contributed by atoms with van der Waals surface area (Å²) in [5.41, 5.74) is 2.81. The predicted octanol–water partition coefficient (Wildman–Crippen LogP) is 2.97. The molecule has 0 aliphatic carbocycles. The third-order valence-corrected chi connectivity index (χ3v) is 4.62. The second kappa shape index (κ2) is 7.82. The third-order valence-electron chi connectivity index (χ3n) is 4.62. The van der Waals surface area contributed by atoms with E-state index in [4.69, 9.17) is 14.5 Å². The highest BCUT2D eigenvalue weighted by Gasteiger charge is 2.18. The summed E-state index contributed by atoms with van der Waals surface area (Å²) in [6.07, 6.45) is 0. The smallest absolute Gasteiger partial charge is 0.161 e. The normalized spacial score (nSPS) is 10.9. The predicted molar refractivity (Wildman–Crippen MR) is 106 cm³/mol. The lowest BCUT2D eigenvalue weighted by Gasteiger charge is -2.19. The molecule has 0 spiro atoms. The number of aliphatic hydroxyl groups excluding tert-OH is 2. The van der Waals surface area contributed by atoms with Crippen LogP contribution in [0.4, 0.5) is 5.82 Å². The largest absolute Gasteiger partial charge is 0.493 e. The van der Waals surface area contributed by atoms with Crippen molar-refractivity contribution in [1.29, 1.82) is 0 Å². The molecule has 142 valence electrons. The van der Waals surface area contributed by atoms with Crippen LogP contribution in [0.2, 0.25) is 0 Å². The Morgan fingerprint density at radius 1 is 0.963 bits per heavy atom. The van der Waals surface area contributed by atoms with Gasteiger partial charge in [0.2, 0.25) is 0 Å². The van der Waals surface area contributed by atoms with Crippen LogP contribution in [0.3, 0.4) is 0 Å². The molecule has 0 radical (unpaired) electrons. The Balaban J connectivity index is 2.42. The van der Waals surface area contributed by atoms with Crippen molar-refractivity contribution in [3.8, 4) is 22.8 Å². The third kappa shape index (κ3) is 3.41. The van der Waals surface area contributed by atoms with Crippen LogP contribution in [0.25, 0.3) is 22.0 Å². The van der Waals surface area contributed by atoms with Gasteiger partial charge in [0, 0.05) is 19.7 Å². The van der Waals surface area contributed by atoms with Gasteiger partial charge in [0.15, 0.2) is 11.5 Å². The molecular formula is C21H24N2O4. The Morgan fingerprint density at radius 3 is 2.26 bits per heavy atom. The topological polar surface area (TPSA) is 75.0 Å². The van der Waals surface area contributed by atoms with E-state index >= 15 is 0 Å². The van der Waals surface area contributed by atoms with Crippen molar-refractivity contribution in [2.24, 2.45) is 0 Å². The number of anilines is 1. The van der Waals surface area contributed by atoms with Gasteiger partial charge in [0.25, 0.3) is 0 Å². The van der Waals surface area contributed by atoms with Crippen molar-refractivity contribution < 1.29 is 19.7 Å². The van der Waals surface area contributed by atoms with E-state index in [1.807, 2.05) is 55.4 Å². The summed E-state index contributed by atoms with van der Waals surface area (Å²) in [6.45, 7) is -0.385. The number of pyridine rings is 1. The van der Waals surface area contributed by atoms with Crippen LogP contribution in [-0.2, 0) is 13.2 Å². The fraction of sp³-hybridized carbons (Fsp3) is 0.286. The monoisotopic (exact) mass is 368 g/mol. The molecule has 6 nitrogen and oxygen atoms in total. The van der Waals surface area contributed by atoms with E-state index in [0.29, 0.717) is 22.6 Å². The maximum Gasteiger partial charge on any atom is 0.161 e. The van der Waals surface area contributed by atoms with Gasteiger partial charge < -0.3 is 24.6 Å². The first-order valence-electron chi connectivity index (χ1n) is 8.61. The second-order valence-corrected chi connectivity index (χ2v) is 6.41. The number of nitrogens with zero attached hydrogens (tertiary/aromatic N) is 2. The Bertz CT molecular complexity index is 965. The first-order valence-corrected chi connectivity index (χ1v) is 8.61. The molecule has 0 aliphatic rings. The van der Waals surface area contributed by atoms with E-state index < -0.39 is 0 Å². The van der Waals surface area contributed by atoms with Crippen molar-refractivity contribution >= 4 is 16.6 Å². The molecule has 3 rings (SSSR count). The molecule has 27 heavy (non-hydrogen) atoms. The Morgan fingerprint density at radius 2 is 1.67 bits per heavy atom. The summed E-state index contributed by atoms with van der Waals surface area (Å²) < 4.78 is 10.9. The number of rotatable bonds is 6. The zero-order valence-corrected chi connectivity index (χ0v) is 16.0. The van der Waals surface area contributed by atoms with Gasteiger partial charge in [0.05, 0.1) is 33.1 Å². The number of hydrogen-bond acceptors (Lipinski definition) is 6. The number of benzene rings is 2. The second-order valence-electron chi connectivity index (χ2n) is 6.41. The molecule has 0 aliphatic heterocycles. The number of aliphatic hydroxyl groups is 2. The highest BCUT2D eigenvalue weighted by atomic mass is 16.5. The molecule has 1 aromatic heterocycles. The van der Waals surface area contributed by atoms with Crippen LogP contribution in [0.15, 0.2) is 36.4 Å². The molecule has 3 aromatic rings. The van der Waals surface area contributed by atoms with Crippen LogP contribution >= 0.6 is 0 Å². The molecule has 0 unspecified atom stereocenters. The molecule has 0 fully saturated rings. The number of fused-ring (bicyclic) bond motifs is 1. The summed E-state index contributed by atoms with van der Waals surface area (Å²) in [5.74, 6) is 2.00. The molecule has 0 saturated carbocycles. The van der Waals surface area contributed by atoms with Crippen LogP contribution in [0.1, 0.15) is 11.1 Å². The Labute approximate surface area is 158 Å². The fourth-order valence-corrected chi connectivity index (χ4v) is 3.25. The maximum atomic E-state index is 10.1. The lowest BCUT2D eigenvalue weighted by atomic mass is 9.92. The number of aromatic nitrogens is 1. The number of ether oxygens (including phenoxy) is 2. The molecule has 2 N–H and O–H groups in total. The number of methoxy groups -OCH3 is 2. The first-order chi connectivity index (χ1) is 13.0. The standard InChI is InChI=1S/C21H24N2O4/c1-23(2)20-7-5-6-17(22-20)21-15-10-19(27-4)18(26-3)9-13(15)8-14(11-24)16(21)12-25/h5-10,24-25H,11-12H2,1-4H3. The lowest BCUT2D eigenvalue weighted by molar-refractivity contribution is 0.260. The molecule has 0 bridgehead atoms. The Hall–Kier alpha value is -2.83. The van der Waals surface area contributed by atoms with Crippen LogP contribution < -0.4 is 14.4 Å². The average molecular weight is 368 g/mol. The van der Waals surface area contributed by atoms with Crippen molar-refractivity contribution in [3.05, 3.63) is 47.5 Å². The van der Waals surface area contributed by atoms with Gasteiger partial charge in [-0.25, -0.2) is 4.98 Å². The average Bonchev–Trinajstić information content (AvgIpc) is 2.70. The molecule has 1 heterocycles. The molecule has 6 heteroatoms. The minimum absolute atomic E-state index is 0.180. The SMILES string of the molecule is COc1cc2cc(CO)c(CO)c(-c3cccc(N(C)C)n3)c2cc1OC. The van der Waals surface area contributed by atoms with E-state index in [1.165, 1.54) is 0 Å².